The van der Waals surface area contributed by atoms with Crippen LogP contribution in [0.4, 0.5) is 0 Å². The van der Waals surface area contributed by atoms with Crippen molar-refractivity contribution in [3.63, 3.8) is 0 Å². The molecule has 0 unspecified atom stereocenters. The SMILES string of the molecule is CCC[C@H](O)[C@H](N)c1c(O)cc(OC)cc1OC. The second kappa shape index (κ2) is 6.47. The number of aromatic hydroxyl groups is 1. The van der Waals surface area contributed by atoms with Gasteiger partial charge < -0.3 is 25.4 Å². The Morgan fingerprint density at radius 1 is 1.28 bits per heavy atom. The zero-order chi connectivity index (χ0) is 13.7. The molecule has 0 saturated carbocycles. The molecule has 0 aliphatic rings. The van der Waals surface area contributed by atoms with Crippen molar-refractivity contribution in [2.24, 2.45) is 5.73 Å². The number of ether oxygens (including phenoxy) is 2. The summed E-state index contributed by atoms with van der Waals surface area (Å²) < 4.78 is 10.2. The van der Waals surface area contributed by atoms with Gasteiger partial charge in [-0.1, -0.05) is 13.3 Å². The molecule has 1 aromatic carbocycles. The van der Waals surface area contributed by atoms with Crippen LogP contribution in [0.2, 0.25) is 0 Å². The summed E-state index contributed by atoms with van der Waals surface area (Å²) in [6, 6.07) is 2.40. The Morgan fingerprint density at radius 2 is 1.94 bits per heavy atom. The number of rotatable bonds is 6. The summed E-state index contributed by atoms with van der Waals surface area (Å²) in [5.41, 5.74) is 6.36. The zero-order valence-corrected chi connectivity index (χ0v) is 11.0. The van der Waals surface area contributed by atoms with Crippen LogP contribution in [0.1, 0.15) is 31.4 Å². The highest BCUT2D eigenvalue weighted by molar-refractivity contribution is 5.51. The van der Waals surface area contributed by atoms with Gasteiger partial charge in [0.15, 0.2) is 0 Å². The third-order valence-electron chi connectivity index (χ3n) is 2.88. The van der Waals surface area contributed by atoms with E-state index in [0.717, 1.165) is 6.42 Å². The average molecular weight is 255 g/mol. The van der Waals surface area contributed by atoms with Crippen LogP contribution in [0.5, 0.6) is 17.2 Å². The van der Waals surface area contributed by atoms with Gasteiger partial charge in [0.2, 0.25) is 0 Å². The molecule has 18 heavy (non-hydrogen) atoms. The van der Waals surface area contributed by atoms with E-state index in [2.05, 4.69) is 0 Å². The summed E-state index contributed by atoms with van der Waals surface area (Å²) in [5, 5.41) is 19.9. The molecule has 0 aliphatic carbocycles. The minimum Gasteiger partial charge on any atom is -0.507 e. The molecule has 5 nitrogen and oxygen atoms in total. The molecule has 0 amide bonds. The molecule has 1 aromatic rings. The number of nitrogens with two attached hydrogens (primary N) is 1. The quantitative estimate of drug-likeness (QED) is 0.718. The van der Waals surface area contributed by atoms with Gasteiger partial charge in [0.05, 0.1) is 31.9 Å². The molecular weight excluding hydrogens is 234 g/mol. The fourth-order valence-corrected chi connectivity index (χ4v) is 1.88. The van der Waals surface area contributed by atoms with Gasteiger partial charge in [0.25, 0.3) is 0 Å². The van der Waals surface area contributed by atoms with Crippen LogP contribution in [0.15, 0.2) is 12.1 Å². The van der Waals surface area contributed by atoms with E-state index in [9.17, 15) is 10.2 Å². The Labute approximate surface area is 107 Å². The molecule has 0 aliphatic heterocycles. The number of methoxy groups -OCH3 is 2. The highest BCUT2D eigenvalue weighted by Gasteiger charge is 2.24. The maximum Gasteiger partial charge on any atom is 0.131 e. The Morgan fingerprint density at radius 3 is 2.44 bits per heavy atom. The molecule has 102 valence electrons. The van der Waals surface area contributed by atoms with Crippen LogP contribution in [0.25, 0.3) is 0 Å². The third kappa shape index (κ3) is 3.05. The van der Waals surface area contributed by atoms with Gasteiger partial charge in [-0.15, -0.1) is 0 Å². The number of hydrogen-bond acceptors (Lipinski definition) is 5. The average Bonchev–Trinajstić information content (AvgIpc) is 2.37. The molecule has 4 N–H and O–H groups in total. The molecule has 0 saturated heterocycles. The predicted molar refractivity (Wildman–Crippen MR) is 69.1 cm³/mol. The second-order valence-electron chi connectivity index (χ2n) is 4.14. The zero-order valence-electron chi connectivity index (χ0n) is 11.0. The lowest BCUT2D eigenvalue weighted by Crippen LogP contribution is -2.26. The normalized spacial score (nSPS) is 14.1. The molecule has 1 rings (SSSR count). The highest BCUT2D eigenvalue weighted by atomic mass is 16.5. The van der Waals surface area contributed by atoms with Gasteiger partial charge in [0, 0.05) is 12.1 Å². The lowest BCUT2D eigenvalue weighted by atomic mass is 9.97. The van der Waals surface area contributed by atoms with Gasteiger partial charge in [-0.2, -0.15) is 0 Å². The molecule has 5 heteroatoms. The van der Waals surface area contributed by atoms with E-state index in [0.29, 0.717) is 23.5 Å². The van der Waals surface area contributed by atoms with E-state index in [1.807, 2.05) is 6.92 Å². The van der Waals surface area contributed by atoms with E-state index >= 15 is 0 Å². The maximum absolute atomic E-state index is 9.97. The molecular formula is C13H21NO4. The molecule has 0 radical (unpaired) electrons. The van der Waals surface area contributed by atoms with Crippen molar-refractivity contribution >= 4 is 0 Å². The molecule has 0 aromatic heterocycles. The van der Waals surface area contributed by atoms with Crippen molar-refractivity contribution < 1.29 is 19.7 Å². The molecule has 0 bridgehead atoms. The lowest BCUT2D eigenvalue weighted by molar-refractivity contribution is 0.131. The fraction of sp³-hybridized carbons (Fsp3) is 0.538. The monoisotopic (exact) mass is 255 g/mol. The standard InChI is InChI=1S/C13H21NO4/c1-4-5-9(15)13(14)12-10(16)6-8(17-2)7-11(12)18-3/h6-7,9,13,15-16H,4-5,14H2,1-3H3/t9-,13-/m0/s1. The van der Waals surface area contributed by atoms with E-state index < -0.39 is 12.1 Å². The van der Waals surface area contributed by atoms with Crippen LogP contribution in [-0.4, -0.2) is 30.5 Å². The Bertz CT molecular complexity index is 395. The fourth-order valence-electron chi connectivity index (χ4n) is 1.88. The summed E-state index contributed by atoms with van der Waals surface area (Å²) in [5.74, 6) is 0.855. The van der Waals surface area contributed by atoms with Crippen molar-refractivity contribution in [2.75, 3.05) is 14.2 Å². The van der Waals surface area contributed by atoms with Gasteiger partial charge in [-0.05, 0) is 6.42 Å². The molecule has 0 fully saturated rings. The number of aliphatic hydroxyl groups is 1. The summed E-state index contributed by atoms with van der Waals surface area (Å²) in [6.07, 6.45) is 0.660. The molecule has 0 spiro atoms. The van der Waals surface area contributed by atoms with E-state index in [1.165, 1.54) is 20.3 Å². The number of benzene rings is 1. The van der Waals surface area contributed by atoms with Crippen LogP contribution in [0.3, 0.4) is 0 Å². The topological polar surface area (TPSA) is 84.9 Å². The number of aliphatic hydroxyl groups excluding tert-OH is 1. The minimum absolute atomic E-state index is 0.0335. The number of phenols is 1. The summed E-state index contributed by atoms with van der Waals surface area (Å²) in [6.45, 7) is 1.96. The first-order chi connectivity index (χ1) is 8.54. The van der Waals surface area contributed by atoms with E-state index in [-0.39, 0.29) is 5.75 Å². The van der Waals surface area contributed by atoms with E-state index in [1.54, 1.807) is 6.07 Å². The van der Waals surface area contributed by atoms with Gasteiger partial charge in [-0.25, -0.2) is 0 Å². The van der Waals surface area contributed by atoms with Gasteiger partial charge in [0.1, 0.15) is 17.2 Å². The van der Waals surface area contributed by atoms with Crippen LogP contribution < -0.4 is 15.2 Å². The first-order valence-electron chi connectivity index (χ1n) is 5.93. The summed E-state index contributed by atoms with van der Waals surface area (Å²) in [4.78, 5) is 0. The number of phenolic OH excluding ortho intramolecular Hbond substituents is 1. The van der Waals surface area contributed by atoms with Gasteiger partial charge >= 0.3 is 0 Å². The maximum atomic E-state index is 9.97. The highest BCUT2D eigenvalue weighted by Crippen LogP contribution is 2.38. The lowest BCUT2D eigenvalue weighted by Gasteiger charge is -2.22. The molecule has 0 heterocycles. The second-order valence-corrected chi connectivity index (χ2v) is 4.14. The Kier molecular flexibility index (Phi) is 5.25. The molecule has 2 atom stereocenters. The van der Waals surface area contributed by atoms with E-state index in [4.69, 9.17) is 15.2 Å². The Balaban J connectivity index is 3.14. The smallest absolute Gasteiger partial charge is 0.131 e. The van der Waals surface area contributed by atoms with Gasteiger partial charge in [-0.3, -0.25) is 0 Å². The largest absolute Gasteiger partial charge is 0.507 e. The van der Waals surface area contributed by atoms with Crippen molar-refractivity contribution in [3.8, 4) is 17.2 Å². The van der Waals surface area contributed by atoms with Crippen molar-refractivity contribution in [1.82, 2.24) is 0 Å². The van der Waals surface area contributed by atoms with Crippen molar-refractivity contribution in [1.29, 1.82) is 0 Å². The van der Waals surface area contributed by atoms with Crippen LogP contribution in [0, 0.1) is 0 Å². The predicted octanol–water partition coefficient (Wildman–Crippen LogP) is 1.57. The van der Waals surface area contributed by atoms with Crippen LogP contribution >= 0.6 is 0 Å². The first kappa shape index (κ1) is 14.6. The van der Waals surface area contributed by atoms with Crippen molar-refractivity contribution in [3.05, 3.63) is 17.7 Å². The summed E-state index contributed by atoms with van der Waals surface area (Å²) >= 11 is 0. The first-order valence-corrected chi connectivity index (χ1v) is 5.93. The number of hydrogen-bond donors (Lipinski definition) is 3. The minimum atomic E-state index is -0.719. The van der Waals surface area contributed by atoms with Crippen molar-refractivity contribution in [2.45, 2.75) is 31.9 Å². The summed E-state index contributed by atoms with van der Waals surface area (Å²) in [7, 11) is 2.98. The third-order valence-corrected chi connectivity index (χ3v) is 2.88. The van der Waals surface area contributed by atoms with Crippen LogP contribution in [-0.2, 0) is 0 Å². The Hall–Kier alpha value is -1.46.